The minimum atomic E-state index is -0.676. The van der Waals surface area contributed by atoms with Crippen molar-refractivity contribution < 1.29 is 13.5 Å². The number of pyridine rings is 2. The number of aryl methyl sites for hydroxylation is 1. The number of fused-ring (bicyclic) bond motifs is 1. The van der Waals surface area contributed by atoms with Gasteiger partial charge in [0.2, 0.25) is 0 Å². The molecule has 4 heterocycles. The molecule has 3 aromatic heterocycles. The smallest absolute Gasteiger partial charge is 0.277 e. The van der Waals surface area contributed by atoms with Gasteiger partial charge in [0, 0.05) is 58.9 Å². The Balaban J connectivity index is 1.44. The van der Waals surface area contributed by atoms with Crippen molar-refractivity contribution in [3.63, 3.8) is 0 Å². The Labute approximate surface area is 194 Å². The van der Waals surface area contributed by atoms with Crippen LogP contribution >= 0.6 is 0 Å². The third kappa shape index (κ3) is 3.72. The molecule has 6 rings (SSSR count). The Morgan fingerprint density at radius 1 is 1.03 bits per heavy atom. The van der Waals surface area contributed by atoms with Crippen molar-refractivity contribution >= 4 is 10.9 Å². The zero-order chi connectivity index (χ0) is 23.4. The van der Waals surface area contributed by atoms with Crippen LogP contribution in [0.15, 0.2) is 53.7 Å². The molecule has 0 amide bonds. The van der Waals surface area contributed by atoms with Gasteiger partial charge in [-0.15, -0.1) is 0 Å². The van der Waals surface area contributed by atoms with Gasteiger partial charge in [-0.3, -0.25) is 9.48 Å². The third-order valence-corrected chi connectivity index (χ3v) is 6.82. The second-order valence-electron chi connectivity index (χ2n) is 9.25. The zero-order valence-corrected chi connectivity index (χ0v) is 18.7. The fraction of sp³-hybridized carbons (Fsp3) is 0.346. The molecule has 2 fully saturated rings. The summed E-state index contributed by atoms with van der Waals surface area (Å²) >= 11 is 0. The van der Waals surface area contributed by atoms with Crippen LogP contribution in [0.5, 0.6) is 0 Å². The Kier molecular flexibility index (Phi) is 5.06. The lowest BCUT2D eigenvalue weighted by molar-refractivity contribution is -0.00760. The van der Waals surface area contributed by atoms with Crippen LogP contribution in [0.2, 0.25) is 0 Å². The minimum absolute atomic E-state index is 0.149. The first-order chi connectivity index (χ1) is 16.5. The third-order valence-electron chi connectivity index (χ3n) is 6.82. The average Bonchev–Trinajstić information content (AvgIpc) is 3.56. The molecule has 0 spiro atoms. The van der Waals surface area contributed by atoms with E-state index in [1.165, 1.54) is 12.1 Å². The maximum absolute atomic E-state index is 14.8. The highest BCUT2D eigenvalue weighted by molar-refractivity contribution is 5.94. The van der Waals surface area contributed by atoms with E-state index in [1.807, 2.05) is 24.0 Å². The molecule has 2 atom stereocenters. The summed E-state index contributed by atoms with van der Waals surface area (Å²) in [6.07, 6.45) is 8.95. The molecule has 8 heteroatoms. The van der Waals surface area contributed by atoms with Crippen molar-refractivity contribution in [3.8, 4) is 11.1 Å². The number of hydrogen-bond acceptors (Lipinski definition) is 4. The molecule has 34 heavy (non-hydrogen) atoms. The van der Waals surface area contributed by atoms with Gasteiger partial charge in [-0.25, -0.2) is 13.8 Å². The fourth-order valence-corrected chi connectivity index (χ4v) is 4.84. The van der Waals surface area contributed by atoms with Crippen molar-refractivity contribution in [1.82, 2.24) is 19.3 Å². The van der Waals surface area contributed by atoms with Crippen LogP contribution < -0.4 is 5.56 Å². The van der Waals surface area contributed by atoms with E-state index in [2.05, 4.69) is 10.1 Å². The van der Waals surface area contributed by atoms with E-state index in [4.69, 9.17) is 4.74 Å². The van der Waals surface area contributed by atoms with Gasteiger partial charge in [-0.2, -0.15) is 5.10 Å². The standard InChI is InChI=1S/C26H24F2N4O2/c1-15-2-6-21-22(20-7-3-17(27)10-23(20)28)14-31(26(33)25(21)30-15)19-8-9-34-24(11-19)16-12-29-32(13-16)18-4-5-18/h2-3,6-7,10,12-14,18-19,24H,4-5,8-9,11H2,1H3. The second kappa shape index (κ2) is 8.13. The predicted molar refractivity (Wildman–Crippen MR) is 124 cm³/mol. The molecule has 174 valence electrons. The summed E-state index contributed by atoms with van der Waals surface area (Å²) in [5.41, 5.74) is 2.52. The lowest BCUT2D eigenvalue weighted by atomic mass is 9.97. The van der Waals surface area contributed by atoms with E-state index in [0.717, 1.165) is 24.5 Å². The summed E-state index contributed by atoms with van der Waals surface area (Å²) in [4.78, 5) is 18.0. The van der Waals surface area contributed by atoms with Crippen LogP contribution in [-0.2, 0) is 4.74 Å². The molecule has 1 saturated carbocycles. The summed E-state index contributed by atoms with van der Waals surface area (Å²) in [5.74, 6) is -1.32. The lowest BCUT2D eigenvalue weighted by Gasteiger charge is -2.31. The Morgan fingerprint density at radius 2 is 1.88 bits per heavy atom. The van der Waals surface area contributed by atoms with Crippen molar-refractivity contribution in [2.75, 3.05) is 6.61 Å². The van der Waals surface area contributed by atoms with E-state index in [9.17, 15) is 13.6 Å². The van der Waals surface area contributed by atoms with Gasteiger partial charge in [0.25, 0.3) is 5.56 Å². The first kappa shape index (κ1) is 21.2. The number of rotatable bonds is 4. The van der Waals surface area contributed by atoms with Crippen LogP contribution in [0.3, 0.4) is 0 Å². The zero-order valence-electron chi connectivity index (χ0n) is 18.7. The van der Waals surface area contributed by atoms with Gasteiger partial charge in [-0.05, 0) is 50.8 Å². The molecule has 0 N–H and O–H groups in total. The highest BCUT2D eigenvalue weighted by Gasteiger charge is 2.30. The number of aromatic nitrogens is 4. The largest absolute Gasteiger partial charge is 0.373 e. The van der Waals surface area contributed by atoms with E-state index in [0.29, 0.717) is 42.1 Å². The van der Waals surface area contributed by atoms with E-state index in [-0.39, 0.29) is 28.8 Å². The number of benzene rings is 1. The van der Waals surface area contributed by atoms with Gasteiger partial charge in [0.05, 0.1) is 18.3 Å². The molecule has 0 radical (unpaired) electrons. The fourth-order valence-electron chi connectivity index (χ4n) is 4.84. The molecule has 1 saturated heterocycles. The molecule has 2 aliphatic rings. The molecule has 1 aliphatic carbocycles. The van der Waals surface area contributed by atoms with Gasteiger partial charge in [0.1, 0.15) is 17.2 Å². The van der Waals surface area contributed by atoms with Crippen molar-refractivity contribution in [1.29, 1.82) is 0 Å². The molecule has 4 aromatic rings. The summed E-state index contributed by atoms with van der Waals surface area (Å²) in [6.45, 7) is 2.31. The number of halogens is 2. The van der Waals surface area contributed by atoms with E-state index < -0.39 is 11.6 Å². The molecule has 6 nitrogen and oxygen atoms in total. The quantitative estimate of drug-likeness (QED) is 0.414. The van der Waals surface area contributed by atoms with Crippen LogP contribution in [0.25, 0.3) is 22.0 Å². The van der Waals surface area contributed by atoms with Crippen LogP contribution in [0, 0.1) is 18.6 Å². The maximum atomic E-state index is 14.8. The van der Waals surface area contributed by atoms with Crippen molar-refractivity contribution in [2.45, 2.75) is 50.8 Å². The summed E-state index contributed by atoms with van der Waals surface area (Å²) < 4.78 is 38.1. The average molecular weight is 463 g/mol. The van der Waals surface area contributed by atoms with E-state index in [1.54, 1.807) is 22.9 Å². The summed E-state index contributed by atoms with van der Waals surface area (Å²) in [7, 11) is 0. The van der Waals surface area contributed by atoms with Crippen molar-refractivity contribution in [3.05, 3.63) is 82.2 Å². The first-order valence-electron chi connectivity index (χ1n) is 11.6. The monoisotopic (exact) mass is 462 g/mol. The SMILES string of the molecule is Cc1ccc2c(-c3ccc(F)cc3F)cn(C3CCOC(c4cnn(C5CC5)c4)C3)c(=O)c2n1. The molecule has 0 bridgehead atoms. The Morgan fingerprint density at radius 3 is 2.68 bits per heavy atom. The van der Waals surface area contributed by atoms with E-state index >= 15 is 0 Å². The number of nitrogens with zero attached hydrogens (tertiary/aromatic N) is 4. The highest BCUT2D eigenvalue weighted by Crippen LogP contribution is 2.38. The normalized spacial score (nSPS) is 20.7. The Bertz CT molecular complexity index is 1460. The Hall–Kier alpha value is -3.39. The van der Waals surface area contributed by atoms with Crippen LogP contribution in [0.1, 0.15) is 55.1 Å². The number of ether oxygens (including phenoxy) is 1. The lowest BCUT2D eigenvalue weighted by Crippen LogP contribution is -2.31. The molecule has 2 unspecified atom stereocenters. The molecule has 1 aliphatic heterocycles. The van der Waals surface area contributed by atoms with Gasteiger partial charge in [-0.1, -0.05) is 6.07 Å². The predicted octanol–water partition coefficient (Wildman–Crippen LogP) is 5.27. The summed E-state index contributed by atoms with van der Waals surface area (Å²) in [6, 6.07) is 7.40. The van der Waals surface area contributed by atoms with Crippen LogP contribution in [-0.4, -0.2) is 25.9 Å². The van der Waals surface area contributed by atoms with Gasteiger partial charge < -0.3 is 9.30 Å². The van der Waals surface area contributed by atoms with Crippen molar-refractivity contribution in [2.24, 2.45) is 0 Å². The topological polar surface area (TPSA) is 61.9 Å². The van der Waals surface area contributed by atoms with Gasteiger partial charge in [0.15, 0.2) is 0 Å². The van der Waals surface area contributed by atoms with Gasteiger partial charge >= 0.3 is 0 Å². The minimum Gasteiger partial charge on any atom is -0.373 e. The van der Waals surface area contributed by atoms with Crippen LogP contribution in [0.4, 0.5) is 8.78 Å². The molecular formula is C26H24F2N4O2. The maximum Gasteiger partial charge on any atom is 0.277 e. The second-order valence-corrected chi connectivity index (χ2v) is 9.25. The molecular weight excluding hydrogens is 438 g/mol. The highest BCUT2D eigenvalue weighted by atomic mass is 19.1. The number of hydrogen-bond donors (Lipinski definition) is 0. The first-order valence-corrected chi connectivity index (χ1v) is 11.6. The summed E-state index contributed by atoms with van der Waals surface area (Å²) in [5, 5.41) is 5.02. The molecule has 1 aromatic carbocycles.